The number of carboxylic acid groups (broad SMARTS) is 1. The predicted molar refractivity (Wildman–Crippen MR) is 98.2 cm³/mol. The number of rotatable bonds is 6. The molecule has 3 atom stereocenters. The molecule has 1 fully saturated rings. The first-order chi connectivity index (χ1) is 12.8. The molecule has 0 spiro atoms. The Kier molecular flexibility index (Phi) is 5.72. The molecule has 5 nitrogen and oxygen atoms in total. The van der Waals surface area contributed by atoms with Crippen LogP contribution >= 0.6 is 11.6 Å². The zero-order valence-electron chi connectivity index (χ0n) is 14.2. The van der Waals surface area contributed by atoms with Crippen molar-refractivity contribution in [3.63, 3.8) is 0 Å². The summed E-state index contributed by atoms with van der Waals surface area (Å²) in [7, 11) is -3.76. The average molecular weight is 413 g/mol. The van der Waals surface area contributed by atoms with Gasteiger partial charge in [0, 0.05) is 5.92 Å². The molecule has 1 N–H and O–H groups in total. The van der Waals surface area contributed by atoms with Crippen LogP contribution in [0.4, 0.5) is 4.39 Å². The van der Waals surface area contributed by atoms with Crippen LogP contribution in [-0.2, 0) is 14.6 Å². The first-order valence-corrected chi connectivity index (χ1v) is 10.3. The lowest BCUT2D eigenvalue weighted by Gasteiger charge is -2.16. The van der Waals surface area contributed by atoms with Crippen LogP contribution in [0.3, 0.4) is 0 Å². The molecule has 0 bridgehead atoms. The van der Waals surface area contributed by atoms with E-state index in [1.807, 2.05) is 0 Å². The maximum absolute atomic E-state index is 13.0. The highest BCUT2D eigenvalue weighted by Gasteiger charge is 2.45. The van der Waals surface area contributed by atoms with Crippen molar-refractivity contribution in [3.8, 4) is 5.75 Å². The minimum Gasteiger partial charge on any atom is -0.493 e. The van der Waals surface area contributed by atoms with Crippen LogP contribution < -0.4 is 4.74 Å². The molecule has 1 aliphatic rings. The van der Waals surface area contributed by atoms with Gasteiger partial charge in [-0.2, -0.15) is 0 Å². The van der Waals surface area contributed by atoms with Crippen molar-refractivity contribution in [1.82, 2.24) is 0 Å². The maximum Gasteiger partial charge on any atom is 0.306 e. The van der Waals surface area contributed by atoms with E-state index in [0.29, 0.717) is 5.75 Å². The molecule has 0 aliphatic heterocycles. The van der Waals surface area contributed by atoms with Crippen molar-refractivity contribution in [3.05, 3.63) is 59.4 Å². The smallest absolute Gasteiger partial charge is 0.306 e. The Labute approximate surface area is 161 Å². The summed E-state index contributed by atoms with van der Waals surface area (Å²) in [4.78, 5) is 11.6. The molecular weight excluding hydrogens is 395 g/mol. The number of carboxylic acids is 1. The van der Waals surface area contributed by atoms with Gasteiger partial charge < -0.3 is 9.84 Å². The van der Waals surface area contributed by atoms with E-state index in [9.17, 15) is 22.7 Å². The normalized spacial score (nSPS) is 22.5. The van der Waals surface area contributed by atoms with Crippen molar-refractivity contribution in [1.29, 1.82) is 0 Å². The first-order valence-electron chi connectivity index (χ1n) is 8.38. The molecule has 27 heavy (non-hydrogen) atoms. The molecule has 0 unspecified atom stereocenters. The van der Waals surface area contributed by atoms with Gasteiger partial charge in [-0.05, 0) is 49.2 Å². The molecule has 1 aliphatic carbocycles. The zero-order chi connectivity index (χ0) is 19.6. The molecule has 0 aromatic heterocycles. The van der Waals surface area contributed by atoms with Gasteiger partial charge in [0.1, 0.15) is 11.6 Å². The molecule has 0 radical (unpaired) electrons. The predicted octanol–water partition coefficient (Wildman–Crippen LogP) is 3.81. The summed E-state index contributed by atoms with van der Waals surface area (Å²) >= 11 is 6.03. The number of halogens is 2. The highest BCUT2D eigenvalue weighted by Crippen LogP contribution is 2.40. The van der Waals surface area contributed by atoms with E-state index in [-0.39, 0.29) is 29.4 Å². The molecule has 0 amide bonds. The third-order valence-electron chi connectivity index (χ3n) is 4.83. The van der Waals surface area contributed by atoms with E-state index in [1.165, 1.54) is 36.4 Å². The Bertz CT molecular complexity index is 929. The second kappa shape index (κ2) is 7.86. The zero-order valence-corrected chi connectivity index (χ0v) is 15.8. The number of benzene rings is 2. The lowest BCUT2D eigenvalue weighted by Crippen LogP contribution is -2.23. The van der Waals surface area contributed by atoms with Crippen molar-refractivity contribution < 1.29 is 27.4 Å². The Morgan fingerprint density at radius 2 is 1.81 bits per heavy atom. The topological polar surface area (TPSA) is 80.7 Å². The van der Waals surface area contributed by atoms with Crippen LogP contribution in [-0.4, -0.2) is 31.4 Å². The van der Waals surface area contributed by atoms with E-state index in [2.05, 4.69) is 0 Å². The second-order valence-corrected chi connectivity index (χ2v) is 9.14. The SMILES string of the molecule is O=C(O)[C@@H]1C[C@@H](S(=O)(=O)c2ccccc2Cl)C[C@H]1COc1ccc(F)cc1. The van der Waals surface area contributed by atoms with Gasteiger partial charge in [-0.1, -0.05) is 23.7 Å². The van der Waals surface area contributed by atoms with Crippen molar-refractivity contribution in [2.45, 2.75) is 23.0 Å². The van der Waals surface area contributed by atoms with Gasteiger partial charge in [-0.25, -0.2) is 12.8 Å². The van der Waals surface area contributed by atoms with Crippen LogP contribution in [0.2, 0.25) is 5.02 Å². The molecule has 0 saturated heterocycles. The fourth-order valence-electron chi connectivity index (χ4n) is 3.40. The number of carbonyl (C=O) groups is 1. The second-order valence-electron chi connectivity index (χ2n) is 6.54. The van der Waals surface area contributed by atoms with E-state index in [4.69, 9.17) is 16.3 Å². The molecule has 8 heteroatoms. The van der Waals surface area contributed by atoms with Gasteiger partial charge in [0.25, 0.3) is 0 Å². The molecule has 2 aromatic carbocycles. The van der Waals surface area contributed by atoms with Gasteiger partial charge >= 0.3 is 5.97 Å². The molecular formula is C19H18ClFO5S. The van der Waals surface area contributed by atoms with Crippen molar-refractivity contribution in [2.24, 2.45) is 11.8 Å². The van der Waals surface area contributed by atoms with Crippen molar-refractivity contribution in [2.75, 3.05) is 6.61 Å². The average Bonchev–Trinajstić information content (AvgIpc) is 3.07. The van der Waals surface area contributed by atoms with Gasteiger partial charge in [-0.15, -0.1) is 0 Å². The Balaban J connectivity index is 1.77. The minimum absolute atomic E-state index is 0.000332. The molecule has 2 aromatic rings. The summed E-state index contributed by atoms with van der Waals surface area (Å²) in [5, 5.41) is 8.77. The Morgan fingerprint density at radius 3 is 2.44 bits per heavy atom. The molecule has 1 saturated carbocycles. The monoisotopic (exact) mass is 412 g/mol. The quantitative estimate of drug-likeness (QED) is 0.780. The van der Waals surface area contributed by atoms with E-state index in [0.717, 1.165) is 0 Å². The minimum atomic E-state index is -3.76. The summed E-state index contributed by atoms with van der Waals surface area (Å²) in [6.07, 6.45) is 0.159. The fraction of sp³-hybridized carbons (Fsp3) is 0.316. The number of ether oxygens (including phenoxy) is 1. The van der Waals surface area contributed by atoms with Gasteiger partial charge in [-0.3, -0.25) is 4.79 Å². The number of hydrogen-bond donors (Lipinski definition) is 1. The highest BCUT2D eigenvalue weighted by atomic mass is 35.5. The van der Waals surface area contributed by atoms with E-state index < -0.39 is 38.7 Å². The summed E-state index contributed by atoms with van der Waals surface area (Å²) < 4.78 is 44.4. The highest BCUT2D eigenvalue weighted by molar-refractivity contribution is 7.92. The van der Waals surface area contributed by atoms with Crippen LogP contribution in [0.5, 0.6) is 5.75 Å². The first kappa shape index (κ1) is 19.6. The number of aliphatic carboxylic acids is 1. The van der Waals surface area contributed by atoms with Gasteiger partial charge in [0.15, 0.2) is 9.84 Å². The Hall–Kier alpha value is -2.12. The third-order valence-corrected chi connectivity index (χ3v) is 7.50. The Morgan fingerprint density at radius 1 is 1.15 bits per heavy atom. The summed E-state index contributed by atoms with van der Waals surface area (Å²) in [6, 6.07) is 11.5. The van der Waals surface area contributed by atoms with E-state index >= 15 is 0 Å². The fourth-order valence-corrected chi connectivity index (χ4v) is 5.79. The van der Waals surface area contributed by atoms with Gasteiger partial charge in [0.2, 0.25) is 0 Å². The summed E-state index contributed by atoms with van der Waals surface area (Å²) in [5.74, 6) is -2.38. The standard InChI is InChI=1S/C19H18ClFO5S/c20-17-3-1-2-4-18(17)27(24,25)15-9-12(16(10-15)19(22)23)11-26-14-7-5-13(21)6-8-14/h1-8,12,15-16H,9-11H2,(H,22,23)/t12-,15-,16+/m0/s1. The summed E-state index contributed by atoms with van der Waals surface area (Å²) in [6.45, 7) is 0.0388. The lowest BCUT2D eigenvalue weighted by molar-refractivity contribution is -0.143. The lowest BCUT2D eigenvalue weighted by atomic mass is 9.97. The van der Waals surface area contributed by atoms with Crippen molar-refractivity contribution >= 4 is 27.4 Å². The molecule has 0 heterocycles. The molecule has 3 rings (SSSR count). The van der Waals surface area contributed by atoms with Crippen LogP contribution in [0.25, 0.3) is 0 Å². The summed E-state index contributed by atoms with van der Waals surface area (Å²) in [5.41, 5.74) is 0. The van der Waals surface area contributed by atoms with Crippen LogP contribution in [0, 0.1) is 17.7 Å². The van der Waals surface area contributed by atoms with Crippen LogP contribution in [0.15, 0.2) is 53.4 Å². The number of hydrogen-bond acceptors (Lipinski definition) is 4. The van der Waals surface area contributed by atoms with E-state index in [1.54, 1.807) is 12.1 Å². The van der Waals surface area contributed by atoms with Crippen LogP contribution in [0.1, 0.15) is 12.8 Å². The third kappa shape index (κ3) is 4.25. The molecule has 144 valence electrons. The van der Waals surface area contributed by atoms with Gasteiger partial charge in [0.05, 0.1) is 27.7 Å². The maximum atomic E-state index is 13.0. The largest absolute Gasteiger partial charge is 0.493 e. The number of sulfone groups is 1.